The average molecular weight is 416 g/mol. The van der Waals surface area contributed by atoms with E-state index in [-0.39, 0.29) is 12.5 Å². The number of anilines is 1. The van der Waals surface area contributed by atoms with Crippen LogP contribution in [0, 0.1) is 18.3 Å². The van der Waals surface area contributed by atoms with Crippen LogP contribution < -0.4 is 15.4 Å². The third-order valence-electron chi connectivity index (χ3n) is 3.55. The molecule has 134 valence electrons. The molecule has 0 fully saturated rings. The maximum Gasteiger partial charge on any atom is 0.261 e. The number of benzene rings is 2. The van der Waals surface area contributed by atoms with Crippen molar-refractivity contribution in [3.05, 3.63) is 58.1 Å². The van der Waals surface area contributed by atoms with Crippen LogP contribution in [0.3, 0.4) is 0 Å². The molecule has 0 aliphatic rings. The molecule has 0 radical (unpaired) electrons. The number of amides is 2. The van der Waals surface area contributed by atoms with Crippen molar-refractivity contribution in [2.45, 2.75) is 20.0 Å². The molecule has 6 nitrogen and oxygen atoms in total. The van der Waals surface area contributed by atoms with Crippen LogP contribution in [0.4, 0.5) is 5.69 Å². The van der Waals surface area contributed by atoms with Gasteiger partial charge in [0.05, 0.1) is 18.2 Å². The van der Waals surface area contributed by atoms with Crippen molar-refractivity contribution in [2.75, 3.05) is 11.9 Å². The van der Waals surface area contributed by atoms with Gasteiger partial charge in [0, 0.05) is 10.2 Å². The first-order valence-electron chi connectivity index (χ1n) is 7.89. The van der Waals surface area contributed by atoms with Gasteiger partial charge in [-0.25, -0.2) is 0 Å². The van der Waals surface area contributed by atoms with Gasteiger partial charge in [-0.3, -0.25) is 9.59 Å². The summed E-state index contributed by atoms with van der Waals surface area (Å²) in [6.45, 7) is 3.31. The van der Waals surface area contributed by atoms with Gasteiger partial charge in [0.25, 0.3) is 5.91 Å². The zero-order valence-electron chi connectivity index (χ0n) is 14.4. The van der Waals surface area contributed by atoms with Crippen molar-refractivity contribution in [1.82, 2.24) is 5.32 Å². The van der Waals surface area contributed by atoms with E-state index in [1.807, 2.05) is 25.1 Å². The van der Waals surface area contributed by atoms with Crippen molar-refractivity contribution < 1.29 is 14.3 Å². The van der Waals surface area contributed by atoms with E-state index in [2.05, 4.69) is 26.6 Å². The Hall–Kier alpha value is -2.85. The fourth-order valence-electron chi connectivity index (χ4n) is 2.14. The van der Waals surface area contributed by atoms with Crippen LogP contribution >= 0.6 is 15.9 Å². The summed E-state index contributed by atoms with van der Waals surface area (Å²) in [5, 5.41) is 14.0. The Morgan fingerprint density at radius 3 is 2.54 bits per heavy atom. The Balaban J connectivity index is 1.82. The number of carbonyl (C=O) groups excluding carboxylic acids is 2. The number of nitrogens with zero attached hydrogens (tertiary/aromatic N) is 1. The minimum absolute atomic E-state index is 0.157. The van der Waals surface area contributed by atoms with Gasteiger partial charge in [-0.15, -0.1) is 0 Å². The molecule has 0 spiro atoms. The molecular formula is C19H18BrN3O3. The first kappa shape index (κ1) is 19.5. The van der Waals surface area contributed by atoms with E-state index >= 15 is 0 Å². The van der Waals surface area contributed by atoms with Gasteiger partial charge in [0.1, 0.15) is 5.75 Å². The smallest absolute Gasteiger partial charge is 0.261 e. The molecule has 2 N–H and O–H groups in total. The monoisotopic (exact) mass is 415 g/mol. The first-order chi connectivity index (χ1) is 12.4. The Morgan fingerprint density at radius 1 is 1.23 bits per heavy atom. The molecule has 0 saturated carbocycles. The Morgan fingerprint density at radius 2 is 1.92 bits per heavy atom. The number of hydrogen-bond acceptors (Lipinski definition) is 4. The lowest BCUT2D eigenvalue weighted by Crippen LogP contribution is -2.40. The van der Waals surface area contributed by atoms with E-state index in [1.165, 1.54) is 0 Å². The molecule has 0 aromatic heterocycles. The van der Waals surface area contributed by atoms with Gasteiger partial charge in [0.2, 0.25) is 5.91 Å². The molecule has 1 unspecified atom stereocenters. The molecule has 0 heterocycles. The number of nitrogens with one attached hydrogen (secondary N) is 2. The molecule has 2 aromatic rings. The third kappa shape index (κ3) is 5.60. The molecule has 2 amide bonds. The maximum absolute atomic E-state index is 12.1. The number of ether oxygens (including phenoxy) is 1. The zero-order valence-corrected chi connectivity index (χ0v) is 16.0. The van der Waals surface area contributed by atoms with Crippen LogP contribution in [0.2, 0.25) is 0 Å². The highest BCUT2D eigenvalue weighted by molar-refractivity contribution is 9.10. The normalized spacial score (nSPS) is 11.2. The lowest BCUT2D eigenvalue weighted by molar-refractivity contribution is -0.129. The highest BCUT2D eigenvalue weighted by atomic mass is 79.9. The summed E-state index contributed by atoms with van der Waals surface area (Å²) in [7, 11) is 0. The Labute approximate surface area is 160 Å². The summed E-state index contributed by atoms with van der Waals surface area (Å²) in [5.41, 5.74) is 2.11. The maximum atomic E-state index is 12.1. The van der Waals surface area contributed by atoms with E-state index < -0.39 is 12.0 Å². The number of halogens is 1. The van der Waals surface area contributed by atoms with Crippen molar-refractivity contribution >= 4 is 33.4 Å². The second-order valence-corrected chi connectivity index (χ2v) is 6.54. The van der Waals surface area contributed by atoms with Crippen LogP contribution in [0.5, 0.6) is 5.75 Å². The fourth-order valence-corrected chi connectivity index (χ4v) is 2.61. The predicted molar refractivity (Wildman–Crippen MR) is 102 cm³/mol. The number of nitriles is 1. The van der Waals surface area contributed by atoms with Gasteiger partial charge in [-0.1, -0.05) is 15.9 Å². The lowest BCUT2D eigenvalue weighted by Gasteiger charge is -2.15. The van der Waals surface area contributed by atoms with E-state index in [4.69, 9.17) is 10.00 Å². The van der Waals surface area contributed by atoms with Crippen LogP contribution in [0.25, 0.3) is 0 Å². The Bertz CT molecular complexity index is 844. The molecule has 2 rings (SSSR count). The van der Waals surface area contributed by atoms with Gasteiger partial charge >= 0.3 is 0 Å². The van der Waals surface area contributed by atoms with Crippen LogP contribution in [0.1, 0.15) is 18.1 Å². The highest BCUT2D eigenvalue weighted by Crippen LogP contribution is 2.19. The number of carbonyl (C=O) groups is 2. The van der Waals surface area contributed by atoms with Gasteiger partial charge in [-0.05, 0) is 61.9 Å². The summed E-state index contributed by atoms with van der Waals surface area (Å²) in [6.07, 6.45) is -0.773. The van der Waals surface area contributed by atoms with Gasteiger partial charge in [-0.2, -0.15) is 5.26 Å². The highest BCUT2D eigenvalue weighted by Gasteiger charge is 2.16. The van der Waals surface area contributed by atoms with Crippen molar-refractivity contribution in [2.24, 2.45) is 0 Å². The molecule has 0 aliphatic carbocycles. The molecule has 0 aliphatic heterocycles. The molecular weight excluding hydrogens is 398 g/mol. The second kappa shape index (κ2) is 9.02. The largest absolute Gasteiger partial charge is 0.481 e. The van der Waals surface area contributed by atoms with E-state index in [9.17, 15) is 9.59 Å². The standard InChI is InChI=1S/C19H18BrN3O3/c1-12-9-15(20)5-8-17(12)23-18(24)11-22-19(25)13(2)26-16-6-3-14(10-21)4-7-16/h3-9,13H,11H2,1-2H3,(H,22,25)(H,23,24). The van der Waals surface area contributed by atoms with Gasteiger partial charge < -0.3 is 15.4 Å². The zero-order chi connectivity index (χ0) is 19.1. The second-order valence-electron chi connectivity index (χ2n) is 5.62. The van der Waals surface area contributed by atoms with Crippen LogP contribution in [0.15, 0.2) is 46.9 Å². The topological polar surface area (TPSA) is 91.2 Å². The van der Waals surface area contributed by atoms with Gasteiger partial charge in [0.15, 0.2) is 6.10 Å². The van der Waals surface area contributed by atoms with Crippen molar-refractivity contribution in [3.63, 3.8) is 0 Å². The minimum Gasteiger partial charge on any atom is -0.481 e. The SMILES string of the molecule is Cc1cc(Br)ccc1NC(=O)CNC(=O)C(C)Oc1ccc(C#N)cc1. The first-order valence-corrected chi connectivity index (χ1v) is 8.69. The van der Waals surface area contributed by atoms with Crippen molar-refractivity contribution in [1.29, 1.82) is 5.26 Å². The summed E-state index contributed by atoms with van der Waals surface area (Å²) >= 11 is 3.36. The van der Waals surface area contributed by atoms with E-state index in [0.717, 1.165) is 10.0 Å². The summed E-state index contributed by atoms with van der Waals surface area (Å²) in [5.74, 6) is -0.257. The number of rotatable bonds is 6. The fraction of sp³-hybridized carbons (Fsp3) is 0.211. The third-order valence-corrected chi connectivity index (χ3v) is 4.04. The quantitative estimate of drug-likeness (QED) is 0.757. The summed E-state index contributed by atoms with van der Waals surface area (Å²) < 4.78 is 6.43. The predicted octanol–water partition coefficient (Wildman–Crippen LogP) is 3.15. The number of hydrogen-bond donors (Lipinski definition) is 2. The van der Waals surface area contributed by atoms with E-state index in [0.29, 0.717) is 17.0 Å². The lowest BCUT2D eigenvalue weighted by atomic mass is 10.2. The summed E-state index contributed by atoms with van der Waals surface area (Å²) in [6, 6.07) is 14.0. The average Bonchev–Trinajstić information content (AvgIpc) is 2.62. The number of aryl methyl sites for hydroxylation is 1. The van der Waals surface area contributed by atoms with Crippen molar-refractivity contribution in [3.8, 4) is 11.8 Å². The minimum atomic E-state index is -0.773. The molecule has 7 heteroatoms. The van der Waals surface area contributed by atoms with Crippen LogP contribution in [-0.4, -0.2) is 24.5 Å². The van der Waals surface area contributed by atoms with E-state index in [1.54, 1.807) is 37.3 Å². The molecule has 2 aromatic carbocycles. The summed E-state index contributed by atoms with van der Waals surface area (Å²) in [4.78, 5) is 24.1. The molecule has 0 bridgehead atoms. The van der Waals surface area contributed by atoms with Crippen LogP contribution in [-0.2, 0) is 9.59 Å². The molecule has 26 heavy (non-hydrogen) atoms. The molecule has 0 saturated heterocycles. The Kier molecular flexibility index (Phi) is 6.75. The molecule has 1 atom stereocenters.